The topological polar surface area (TPSA) is 71.8 Å². The van der Waals surface area contributed by atoms with Crippen molar-refractivity contribution in [1.29, 1.82) is 0 Å². The summed E-state index contributed by atoms with van der Waals surface area (Å²) in [5.41, 5.74) is 2.63. The van der Waals surface area contributed by atoms with Gasteiger partial charge in [0.2, 0.25) is 0 Å². The van der Waals surface area contributed by atoms with Crippen molar-refractivity contribution < 1.29 is 9.18 Å². The summed E-state index contributed by atoms with van der Waals surface area (Å²) >= 11 is 0. The summed E-state index contributed by atoms with van der Waals surface area (Å²) in [5, 5.41) is 13.3. The van der Waals surface area contributed by atoms with Crippen molar-refractivity contribution in [3.05, 3.63) is 40.5 Å². The molecule has 6 nitrogen and oxygen atoms in total. The second kappa shape index (κ2) is 5.25. The van der Waals surface area contributed by atoms with E-state index >= 15 is 0 Å². The van der Waals surface area contributed by atoms with Crippen molar-refractivity contribution in [2.45, 2.75) is 19.9 Å². The number of fused-ring (bicyclic) bond motifs is 1. The van der Waals surface area contributed by atoms with Crippen LogP contribution in [0.3, 0.4) is 0 Å². The van der Waals surface area contributed by atoms with Crippen LogP contribution in [-0.4, -0.2) is 27.4 Å². The van der Waals surface area contributed by atoms with Crippen LogP contribution in [0, 0.1) is 12.7 Å². The maximum atomic E-state index is 14.5. The van der Waals surface area contributed by atoms with E-state index in [1.54, 1.807) is 20.0 Å². The fraction of sp³-hybridized carbons (Fsp3) is 0.357. The molecule has 110 valence electrons. The van der Waals surface area contributed by atoms with Crippen molar-refractivity contribution in [3.63, 3.8) is 0 Å². The molecule has 0 spiro atoms. The molecule has 7 heteroatoms. The molecule has 21 heavy (non-hydrogen) atoms. The molecule has 0 fully saturated rings. The molecule has 2 heterocycles. The van der Waals surface area contributed by atoms with E-state index in [0.717, 1.165) is 12.1 Å². The summed E-state index contributed by atoms with van der Waals surface area (Å²) in [6.07, 6.45) is 0.620. The molecule has 0 radical (unpaired) electrons. The van der Waals surface area contributed by atoms with Gasteiger partial charge >= 0.3 is 0 Å². The van der Waals surface area contributed by atoms with Gasteiger partial charge in [-0.05, 0) is 37.1 Å². The Morgan fingerprint density at radius 1 is 1.48 bits per heavy atom. The summed E-state index contributed by atoms with van der Waals surface area (Å²) in [7, 11) is 1.70. The summed E-state index contributed by atoms with van der Waals surface area (Å²) in [5.74, 6) is -0.808. The molecule has 2 N–H and O–H groups in total. The Bertz CT molecular complexity index is 710. The molecule has 1 amide bonds. The maximum absolute atomic E-state index is 14.5. The number of aryl methyl sites for hydroxylation is 1. The fourth-order valence-corrected chi connectivity index (χ4v) is 2.43. The lowest BCUT2D eigenvalue weighted by atomic mass is 9.99. The number of aromatic nitrogens is 3. The van der Waals surface area contributed by atoms with E-state index in [4.69, 9.17) is 0 Å². The molecule has 0 saturated carbocycles. The Labute approximate surface area is 121 Å². The highest BCUT2D eigenvalue weighted by Gasteiger charge is 2.20. The van der Waals surface area contributed by atoms with Crippen LogP contribution in [0.4, 0.5) is 10.1 Å². The number of rotatable bonds is 2. The Kier molecular flexibility index (Phi) is 3.42. The number of nitrogens with one attached hydrogen (secondary N) is 2. The first kappa shape index (κ1) is 13.7. The number of hydrogen-bond acceptors (Lipinski definition) is 4. The highest BCUT2D eigenvalue weighted by Crippen LogP contribution is 2.25. The van der Waals surface area contributed by atoms with E-state index in [-0.39, 0.29) is 17.2 Å². The first-order chi connectivity index (χ1) is 10.1. The van der Waals surface area contributed by atoms with Crippen LogP contribution in [0.15, 0.2) is 12.1 Å². The van der Waals surface area contributed by atoms with Gasteiger partial charge in [-0.25, -0.2) is 4.39 Å². The highest BCUT2D eigenvalue weighted by molar-refractivity contribution is 6.03. The lowest BCUT2D eigenvalue weighted by Gasteiger charge is -2.19. The number of carbonyl (C=O) groups excluding carboxylic acids is 1. The third-order valence-electron chi connectivity index (χ3n) is 3.78. The number of halogens is 1. The van der Waals surface area contributed by atoms with E-state index in [1.165, 1.54) is 4.68 Å². The monoisotopic (exact) mass is 289 g/mol. The lowest BCUT2D eigenvalue weighted by Crippen LogP contribution is -2.25. The fourth-order valence-electron chi connectivity index (χ4n) is 2.43. The minimum Gasteiger partial charge on any atom is -0.318 e. The molecular weight excluding hydrogens is 273 g/mol. The summed E-state index contributed by atoms with van der Waals surface area (Å²) < 4.78 is 16.0. The average Bonchev–Trinajstić information content (AvgIpc) is 2.82. The maximum Gasteiger partial charge on any atom is 0.278 e. The Balaban J connectivity index is 1.88. The van der Waals surface area contributed by atoms with Gasteiger partial charge in [0.25, 0.3) is 5.91 Å². The molecule has 0 aliphatic carbocycles. The van der Waals surface area contributed by atoms with Gasteiger partial charge in [-0.3, -0.25) is 9.48 Å². The van der Waals surface area contributed by atoms with Crippen molar-refractivity contribution >= 4 is 11.6 Å². The quantitative estimate of drug-likeness (QED) is 0.870. The first-order valence-corrected chi connectivity index (χ1v) is 6.76. The molecule has 1 aliphatic heterocycles. The minimum atomic E-state index is -0.451. The normalized spacial score (nSPS) is 13.9. The Morgan fingerprint density at radius 2 is 2.29 bits per heavy atom. The third-order valence-corrected chi connectivity index (χ3v) is 3.78. The van der Waals surface area contributed by atoms with Crippen molar-refractivity contribution in [1.82, 2.24) is 20.3 Å². The van der Waals surface area contributed by atoms with Crippen molar-refractivity contribution in [2.75, 3.05) is 11.9 Å². The van der Waals surface area contributed by atoms with Gasteiger partial charge < -0.3 is 10.6 Å². The third kappa shape index (κ3) is 2.40. The van der Waals surface area contributed by atoms with Crippen LogP contribution in [0.5, 0.6) is 0 Å². The van der Waals surface area contributed by atoms with Crippen LogP contribution >= 0.6 is 0 Å². The molecular formula is C14H16FN5O. The second-order valence-electron chi connectivity index (χ2n) is 5.09. The van der Waals surface area contributed by atoms with Gasteiger partial charge in [-0.1, -0.05) is 11.3 Å². The van der Waals surface area contributed by atoms with Crippen LogP contribution in [-0.2, 0) is 20.0 Å². The van der Waals surface area contributed by atoms with Gasteiger partial charge in [0.1, 0.15) is 5.82 Å². The van der Waals surface area contributed by atoms with E-state index < -0.39 is 5.91 Å². The molecule has 3 rings (SSSR count). The van der Waals surface area contributed by atoms with Crippen LogP contribution in [0.25, 0.3) is 0 Å². The number of carbonyl (C=O) groups is 1. The van der Waals surface area contributed by atoms with Crippen LogP contribution < -0.4 is 10.6 Å². The predicted octanol–water partition coefficient (Wildman–Crippen LogP) is 1.16. The summed E-state index contributed by atoms with van der Waals surface area (Å²) in [6, 6.07) is 3.43. The molecule has 0 saturated heterocycles. The molecule has 2 aromatic rings. The van der Waals surface area contributed by atoms with E-state index in [2.05, 4.69) is 20.9 Å². The predicted molar refractivity (Wildman–Crippen MR) is 75.5 cm³/mol. The molecule has 1 aromatic carbocycles. The number of nitrogens with zero attached hydrogens (tertiary/aromatic N) is 3. The standard InChI is InChI=1S/C14H16FN5O/c1-8-13(18-19-20(8)2)14(21)17-11-4-3-9-7-16-6-5-10(9)12(11)15/h3-4,16H,5-7H2,1-2H3,(H,17,21). The van der Waals surface area contributed by atoms with E-state index in [1.807, 2.05) is 6.07 Å². The van der Waals surface area contributed by atoms with Crippen LogP contribution in [0.2, 0.25) is 0 Å². The highest BCUT2D eigenvalue weighted by atomic mass is 19.1. The van der Waals surface area contributed by atoms with Crippen LogP contribution in [0.1, 0.15) is 27.3 Å². The zero-order valence-corrected chi connectivity index (χ0v) is 11.9. The van der Waals surface area contributed by atoms with Crippen molar-refractivity contribution in [3.8, 4) is 0 Å². The summed E-state index contributed by atoms with van der Waals surface area (Å²) in [4.78, 5) is 12.2. The molecule has 0 unspecified atom stereocenters. The number of anilines is 1. The number of benzene rings is 1. The van der Waals surface area contributed by atoms with Crippen molar-refractivity contribution in [2.24, 2.45) is 7.05 Å². The second-order valence-corrected chi connectivity index (χ2v) is 5.09. The average molecular weight is 289 g/mol. The van der Waals surface area contributed by atoms with Gasteiger partial charge in [0, 0.05) is 13.6 Å². The zero-order valence-electron chi connectivity index (χ0n) is 11.9. The molecule has 0 atom stereocenters. The molecule has 1 aromatic heterocycles. The molecule has 0 bridgehead atoms. The zero-order chi connectivity index (χ0) is 15.0. The Morgan fingerprint density at radius 3 is 3.00 bits per heavy atom. The lowest BCUT2D eigenvalue weighted by molar-refractivity contribution is 0.102. The van der Waals surface area contributed by atoms with Gasteiger partial charge in [-0.2, -0.15) is 0 Å². The SMILES string of the molecule is Cc1c(C(=O)Nc2ccc3c(c2F)CCNC3)nnn1C. The van der Waals surface area contributed by atoms with E-state index in [0.29, 0.717) is 24.2 Å². The Hall–Kier alpha value is -2.28. The van der Waals surface area contributed by atoms with Gasteiger partial charge in [0.15, 0.2) is 5.69 Å². The molecule has 1 aliphatic rings. The largest absolute Gasteiger partial charge is 0.318 e. The smallest absolute Gasteiger partial charge is 0.278 e. The number of hydrogen-bond donors (Lipinski definition) is 2. The first-order valence-electron chi connectivity index (χ1n) is 6.76. The number of amides is 1. The van der Waals surface area contributed by atoms with Gasteiger partial charge in [0.05, 0.1) is 11.4 Å². The van der Waals surface area contributed by atoms with E-state index in [9.17, 15) is 9.18 Å². The van der Waals surface area contributed by atoms with Gasteiger partial charge in [-0.15, -0.1) is 5.10 Å². The summed E-state index contributed by atoms with van der Waals surface area (Å²) in [6.45, 7) is 3.14. The minimum absolute atomic E-state index is 0.186.